The molecule has 4 nitrogen and oxygen atoms in total. The van der Waals surface area contributed by atoms with Crippen molar-refractivity contribution in [2.45, 2.75) is 6.92 Å². The molecule has 18 heavy (non-hydrogen) atoms. The van der Waals surface area contributed by atoms with Crippen molar-refractivity contribution in [1.29, 1.82) is 0 Å². The van der Waals surface area contributed by atoms with Gasteiger partial charge >= 0.3 is 0 Å². The molecule has 0 atom stereocenters. The van der Waals surface area contributed by atoms with Crippen molar-refractivity contribution < 1.29 is 4.92 Å². The maximum absolute atomic E-state index is 10.6. The molecule has 0 amide bonds. The summed E-state index contributed by atoms with van der Waals surface area (Å²) in [6.07, 6.45) is 0. The lowest BCUT2D eigenvalue weighted by atomic mass is 10.2. The predicted octanol–water partition coefficient (Wildman–Crippen LogP) is 2.70. The highest BCUT2D eigenvalue weighted by molar-refractivity contribution is 5.45. The fourth-order valence-electron chi connectivity index (χ4n) is 1.45. The van der Waals surface area contributed by atoms with E-state index < -0.39 is 4.92 Å². The second-order valence-electron chi connectivity index (χ2n) is 3.72. The molecule has 0 radical (unpaired) electrons. The summed E-state index contributed by atoms with van der Waals surface area (Å²) in [5.74, 6) is 5.75. The van der Waals surface area contributed by atoms with E-state index in [9.17, 15) is 10.1 Å². The zero-order valence-corrected chi connectivity index (χ0v) is 9.75. The smallest absolute Gasteiger partial charge is 0.258 e. The molecule has 1 heterocycles. The summed E-state index contributed by atoms with van der Waals surface area (Å²) < 4.78 is 0. The molecule has 0 fully saturated rings. The largest absolute Gasteiger partial charge is 0.270 e. The van der Waals surface area contributed by atoms with Crippen LogP contribution in [0.5, 0.6) is 0 Å². The molecule has 1 aromatic carbocycles. The van der Waals surface area contributed by atoms with Gasteiger partial charge in [0.05, 0.1) is 4.92 Å². The summed E-state index contributed by atoms with van der Waals surface area (Å²) >= 11 is 0. The van der Waals surface area contributed by atoms with E-state index in [0.29, 0.717) is 11.3 Å². The molecule has 0 spiro atoms. The van der Waals surface area contributed by atoms with Crippen molar-refractivity contribution in [3.63, 3.8) is 0 Å². The highest BCUT2D eigenvalue weighted by Crippen LogP contribution is 2.12. The number of non-ortho nitro benzene ring substituents is 1. The van der Waals surface area contributed by atoms with Crippen LogP contribution in [-0.4, -0.2) is 9.91 Å². The third-order valence-corrected chi connectivity index (χ3v) is 2.28. The number of nitro groups is 1. The zero-order valence-electron chi connectivity index (χ0n) is 9.75. The van der Waals surface area contributed by atoms with Crippen LogP contribution in [-0.2, 0) is 0 Å². The minimum atomic E-state index is -0.434. The number of rotatable bonds is 1. The number of hydrogen-bond donors (Lipinski definition) is 0. The molecule has 0 aliphatic rings. The van der Waals surface area contributed by atoms with Gasteiger partial charge < -0.3 is 0 Å². The summed E-state index contributed by atoms with van der Waals surface area (Å²) in [7, 11) is 0. The SMILES string of the molecule is Cc1cccc(C#Cc2cccc([N+](=O)[O-])c2)n1. The van der Waals surface area contributed by atoms with Gasteiger partial charge in [-0.2, -0.15) is 0 Å². The molecule has 2 aromatic rings. The molecule has 4 heteroatoms. The molecule has 1 aromatic heterocycles. The van der Waals surface area contributed by atoms with Crippen LogP contribution in [0.4, 0.5) is 5.69 Å². The Bertz CT molecular complexity index is 654. The lowest BCUT2D eigenvalue weighted by Gasteiger charge is -1.93. The van der Waals surface area contributed by atoms with Crippen LogP contribution in [0.3, 0.4) is 0 Å². The van der Waals surface area contributed by atoms with Gasteiger partial charge in [0.2, 0.25) is 0 Å². The number of nitro benzene ring substituents is 1. The van der Waals surface area contributed by atoms with Crippen LogP contribution < -0.4 is 0 Å². The Morgan fingerprint density at radius 2 is 1.94 bits per heavy atom. The molecule has 0 aliphatic heterocycles. The number of nitrogens with zero attached hydrogens (tertiary/aromatic N) is 2. The van der Waals surface area contributed by atoms with Crippen molar-refractivity contribution in [1.82, 2.24) is 4.98 Å². The van der Waals surface area contributed by atoms with E-state index in [4.69, 9.17) is 0 Å². The molecular weight excluding hydrogens is 228 g/mol. The van der Waals surface area contributed by atoms with E-state index in [1.165, 1.54) is 12.1 Å². The van der Waals surface area contributed by atoms with E-state index in [1.54, 1.807) is 18.2 Å². The first-order valence-electron chi connectivity index (χ1n) is 5.35. The Morgan fingerprint density at radius 1 is 1.17 bits per heavy atom. The number of pyridine rings is 1. The third kappa shape index (κ3) is 2.92. The van der Waals surface area contributed by atoms with Gasteiger partial charge in [-0.1, -0.05) is 18.1 Å². The lowest BCUT2D eigenvalue weighted by molar-refractivity contribution is -0.384. The second kappa shape index (κ2) is 5.11. The third-order valence-electron chi connectivity index (χ3n) is 2.28. The fourth-order valence-corrected chi connectivity index (χ4v) is 1.45. The van der Waals surface area contributed by atoms with Crippen LogP contribution in [0, 0.1) is 28.9 Å². The minimum Gasteiger partial charge on any atom is -0.258 e. The van der Waals surface area contributed by atoms with Gasteiger partial charge in [-0.05, 0) is 31.0 Å². The average molecular weight is 238 g/mol. The lowest BCUT2D eigenvalue weighted by Crippen LogP contribution is -1.88. The van der Waals surface area contributed by atoms with Crippen LogP contribution in [0.25, 0.3) is 0 Å². The van der Waals surface area contributed by atoms with Gasteiger partial charge in [0.1, 0.15) is 5.69 Å². The molecule has 0 aliphatic carbocycles. The van der Waals surface area contributed by atoms with Crippen LogP contribution in [0.1, 0.15) is 17.0 Å². The zero-order chi connectivity index (χ0) is 13.0. The van der Waals surface area contributed by atoms with Crippen molar-refractivity contribution in [2.75, 3.05) is 0 Å². The first kappa shape index (κ1) is 11.8. The molecule has 0 saturated heterocycles. The summed E-state index contributed by atoms with van der Waals surface area (Å²) in [6.45, 7) is 1.89. The number of aryl methyl sites for hydroxylation is 1. The normalized spacial score (nSPS) is 9.39. The van der Waals surface area contributed by atoms with Gasteiger partial charge in [-0.15, -0.1) is 0 Å². The monoisotopic (exact) mass is 238 g/mol. The Balaban J connectivity index is 2.30. The Morgan fingerprint density at radius 3 is 2.67 bits per heavy atom. The van der Waals surface area contributed by atoms with Crippen LogP contribution >= 0.6 is 0 Å². The van der Waals surface area contributed by atoms with Crippen molar-refractivity contribution in [2.24, 2.45) is 0 Å². The molecule has 0 saturated carbocycles. The predicted molar refractivity (Wildman–Crippen MR) is 68.1 cm³/mol. The van der Waals surface area contributed by atoms with E-state index >= 15 is 0 Å². The van der Waals surface area contributed by atoms with Gasteiger partial charge in [-0.25, -0.2) is 4.98 Å². The summed E-state index contributed by atoms with van der Waals surface area (Å²) in [5, 5.41) is 10.6. The number of benzene rings is 1. The van der Waals surface area contributed by atoms with Crippen LogP contribution in [0.15, 0.2) is 42.5 Å². The first-order valence-corrected chi connectivity index (χ1v) is 5.35. The Kier molecular flexibility index (Phi) is 3.35. The standard InChI is InChI=1S/C14H10N2O2/c1-11-4-2-6-13(15-11)9-8-12-5-3-7-14(10-12)16(17)18/h2-7,10H,1H3. The maximum Gasteiger partial charge on any atom is 0.270 e. The molecule has 0 N–H and O–H groups in total. The van der Waals surface area contributed by atoms with Gasteiger partial charge in [0.15, 0.2) is 0 Å². The van der Waals surface area contributed by atoms with E-state index in [2.05, 4.69) is 16.8 Å². The molecule has 2 rings (SSSR count). The topological polar surface area (TPSA) is 56.0 Å². The van der Waals surface area contributed by atoms with E-state index in [1.807, 2.05) is 19.1 Å². The van der Waals surface area contributed by atoms with Crippen molar-refractivity contribution >= 4 is 5.69 Å². The highest BCUT2D eigenvalue weighted by atomic mass is 16.6. The molecule has 0 bridgehead atoms. The molecular formula is C14H10N2O2. The summed E-state index contributed by atoms with van der Waals surface area (Å²) in [6, 6.07) is 11.8. The van der Waals surface area contributed by atoms with Gasteiger partial charge in [0.25, 0.3) is 5.69 Å². The van der Waals surface area contributed by atoms with E-state index in [-0.39, 0.29) is 5.69 Å². The van der Waals surface area contributed by atoms with E-state index in [0.717, 1.165) is 5.69 Å². The Labute approximate surface area is 104 Å². The maximum atomic E-state index is 10.6. The number of hydrogen-bond acceptors (Lipinski definition) is 3. The summed E-state index contributed by atoms with van der Waals surface area (Å²) in [4.78, 5) is 14.4. The molecule has 88 valence electrons. The van der Waals surface area contributed by atoms with Crippen molar-refractivity contribution in [3.05, 3.63) is 69.5 Å². The van der Waals surface area contributed by atoms with Crippen LogP contribution in [0.2, 0.25) is 0 Å². The number of aromatic nitrogens is 1. The summed E-state index contributed by atoms with van der Waals surface area (Å²) in [5.41, 5.74) is 2.19. The highest BCUT2D eigenvalue weighted by Gasteiger charge is 2.03. The Hall–Kier alpha value is -2.67. The average Bonchev–Trinajstić information content (AvgIpc) is 2.37. The van der Waals surface area contributed by atoms with Gasteiger partial charge in [0, 0.05) is 23.4 Å². The van der Waals surface area contributed by atoms with Crippen molar-refractivity contribution in [3.8, 4) is 11.8 Å². The minimum absolute atomic E-state index is 0.0407. The fraction of sp³-hybridized carbons (Fsp3) is 0.0714. The quantitative estimate of drug-likeness (QED) is 0.436. The molecule has 0 unspecified atom stereocenters. The second-order valence-corrected chi connectivity index (χ2v) is 3.72. The first-order chi connectivity index (χ1) is 8.65. The van der Waals surface area contributed by atoms with Gasteiger partial charge in [-0.3, -0.25) is 10.1 Å².